The summed E-state index contributed by atoms with van der Waals surface area (Å²) < 4.78 is 13.3. The molecule has 0 bridgehead atoms. The molecule has 1 saturated heterocycles. The van der Waals surface area contributed by atoms with E-state index < -0.39 is 0 Å². The number of benzene rings is 1. The van der Waals surface area contributed by atoms with Crippen LogP contribution in [0.1, 0.15) is 18.4 Å². The summed E-state index contributed by atoms with van der Waals surface area (Å²) >= 11 is 0. The minimum atomic E-state index is -0.151. The Bertz CT molecular complexity index is 338. The Hall–Kier alpha value is -1.09. The van der Waals surface area contributed by atoms with Crippen LogP contribution >= 0.6 is 0 Å². The molecule has 1 aliphatic heterocycles. The highest BCUT2D eigenvalue weighted by atomic mass is 19.1. The Kier molecular flexibility index (Phi) is 2.42. The van der Waals surface area contributed by atoms with E-state index in [1.165, 1.54) is 6.07 Å². The highest BCUT2D eigenvalue weighted by Gasteiger charge is 2.22. The van der Waals surface area contributed by atoms with E-state index in [-0.39, 0.29) is 12.0 Å². The quantitative estimate of drug-likeness (QED) is 0.741. The largest absolute Gasteiger partial charge is 0.356 e. The van der Waals surface area contributed by atoms with E-state index in [2.05, 4.69) is 4.90 Å². The van der Waals surface area contributed by atoms with Crippen molar-refractivity contribution in [2.45, 2.75) is 25.9 Å². The molecule has 3 heteroatoms. The van der Waals surface area contributed by atoms with Gasteiger partial charge in [0.25, 0.3) is 0 Å². The van der Waals surface area contributed by atoms with Crippen molar-refractivity contribution in [1.82, 2.24) is 0 Å². The Labute approximate surface area is 83.5 Å². The van der Waals surface area contributed by atoms with Gasteiger partial charge in [-0.3, -0.25) is 0 Å². The van der Waals surface area contributed by atoms with Crippen LogP contribution in [0.4, 0.5) is 10.1 Å². The number of nitrogens with two attached hydrogens (primary N) is 1. The molecule has 1 atom stereocenters. The lowest BCUT2D eigenvalue weighted by atomic mass is 10.1. The number of anilines is 1. The lowest BCUT2D eigenvalue weighted by Crippen LogP contribution is -2.36. The molecule has 76 valence electrons. The molecule has 1 aromatic carbocycles. The third-order valence-corrected chi connectivity index (χ3v) is 2.85. The monoisotopic (exact) mass is 194 g/mol. The summed E-state index contributed by atoms with van der Waals surface area (Å²) in [5.41, 5.74) is 7.57. The fraction of sp³-hybridized carbons (Fsp3) is 0.455. The molecule has 0 radical (unpaired) electrons. The van der Waals surface area contributed by atoms with Gasteiger partial charge in [0.2, 0.25) is 0 Å². The number of halogens is 1. The fourth-order valence-corrected chi connectivity index (χ4v) is 2.00. The standard InChI is InChI=1S/C11H15FN2/c1-8-9(12)4-2-5-10(8)14-7-3-6-11(14)13/h2,4-5,11H,3,6-7,13H2,1H3. The average molecular weight is 194 g/mol. The molecule has 14 heavy (non-hydrogen) atoms. The Morgan fingerprint density at radius 1 is 1.50 bits per heavy atom. The van der Waals surface area contributed by atoms with Crippen LogP contribution in [-0.2, 0) is 0 Å². The maximum absolute atomic E-state index is 13.3. The number of nitrogens with zero attached hydrogens (tertiary/aromatic N) is 1. The first-order chi connectivity index (χ1) is 6.70. The summed E-state index contributed by atoms with van der Waals surface area (Å²) in [5.74, 6) is -0.151. The minimum absolute atomic E-state index is 0.0514. The van der Waals surface area contributed by atoms with E-state index in [0.717, 1.165) is 25.1 Å². The van der Waals surface area contributed by atoms with Gasteiger partial charge in [-0.25, -0.2) is 4.39 Å². The van der Waals surface area contributed by atoms with Crippen LogP contribution in [0.5, 0.6) is 0 Å². The van der Waals surface area contributed by atoms with E-state index in [1.807, 2.05) is 6.07 Å². The smallest absolute Gasteiger partial charge is 0.128 e. The van der Waals surface area contributed by atoms with Gasteiger partial charge in [-0.05, 0) is 31.9 Å². The van der Waals surface area contributed by atoms with Crippen molar-refractivity contribution in [3.63, 3.8) is 0 Å². The van der Waals surface area contributed by atoms with Gasteiger partial charge < -0.3 is 10.6 Å². The second kappa shape index (κ2) is 3.58. The zero-order valence-electron chi connectivity index (χ0n) is 8.33. The molecule has 0 amide bonds. The maximum atomic E-state index is 13.3. The van der Waals surface area contributed by atoms with Crippen molar-refractivity contribution in [3.05, 3.63) is 29.6 Å². The molecule has 1 aromatic rings. The minimum Gasteiger partial charge on any atom is -0.356 e. The molecule has 0 aromatic heterocycles. The molecule has 2 rings (SSSR count). The van der Waals surface area contributed by atoms with Crippen molar-refractivity contribution < 1.29 is 4.39 Å². The zero-order valence-corrected chi connectivity index (χ0v) is 8.33. The molecular weight excluding hydrogens is 179 g/mol. The van der Waals surface area contributed by atoms with Crippen LogP contribution in [0.2, 0.25) is 0 Å². The number of hydrogen-bond donors (Lipinski definition) is 1. The summed E-state index contributed by atoms with van der Waals surface area (Å²) in [4.78, 5) is 2.08. The van der Waals surface area contributed by atoms with E-state index >= 15 is 0 Å². The summed E-state index contributed by atoms with van der Waals surface area (Å²) in [6.45, 7) is 2.74. The summed E-state index contributed by atoms with van der Waals surface area (Å²) in [7, 11) is 0. The van der Waals surface area contributed by atoms with E-state index in [4.69, 9.17) is 5.73 Å². The molecule has 2 N–H and O–H groups in total. The molecular formula is C11H15FN2. The van der Waals surface area contributed by atoms with Crippen LogP contribution in [0.25, 0.3) is 0 Å². The Morgan fingerprint density at radius 2 is 2.29 bits per heavy atom. The van der Waals surface area contributed by atoms with E-state index in [1.54, 1.807) is 13.0 Å². The first kappa shape index (κ1) is 9.46. The van der Waals surface area contributed by atoms with Crippen molar-refractivity contribution in [2.24, 2.45) is 5.73 Å². The van der Waals surface area contributed by atoms with Crippen LogP contribution in [0.3, 0.4) is 0 Å². The summed E-state index contributed by atoms with van der Waals surface area (Å²) in [6, 6.07) is 5.16. The zero-order chi connectivity index (χ0) is 10.1. The highest BCUT2D eigenvalue weighted by molar-refractivity contribution is 5.54. The predicted molar refractivity (Wildman–Crippen MR) is 55.7 cm³/mol. The van der Waals surface area contributed by atoms with Gasteiger partial charge in [0, 0.05) is 17.8 Å². The number of rotatable bonds is 1. The fourth-order valence-electron chi connectivity index (χ4n) is 2.00. The third-order valence-electron chi connectivity index (χ3n) is 2.85. The van der Waals surface area contributed by atoms with Crippen LogP contribution < -0.4 is 10.6 Å². The molecule has 1 aliphatic rings. The normalized spacial score (nSPS) is 21.6. The summed E-state index contributed by atoms with van der Waals surface area (Å²) in [5, 5.41) is 0. The van der Waals surface area contributed by atoms with Crippen molar-refractivity contribution in [2.75, 3.05) is 11.4 Å². The van der Waals surface area contributed by atoms with Gasteiger partial charge in [-0.2, -0.15) is 0 Å². The van der Waals surface area contributed by atoms with Crippen LogP contribution in [-0.4, -0.2) is 12.7 Å². The second-order valence-corrected chi connectivity index (χ2v) is 3.79. The van der Waals surface area contributed by atoms with Crippen molar-refractivity contribution in [3.8, 4) is 0 Å². The third kappa shape index (κ3) is 1.48. The SMILES string of the molecule is Cc1c(F)cccc1N1CCCC1N. The molecule has 2 nitrogen and oxygen atoms in total. The molecule has 1 fully saturated rings. The Balaban J connectivity index is 2.36. The van der Waals surface area contributed by atoms with Gasteiger partial charge in [0.05, 0.1) is 6.17 Å². The van der Waals surface area contributed by atoms with Crippen molar-refractivity contribution >= 4 is 5.69 Å². The first-order valence-corrected chi connectivity index (χ1v) is 4.97. The molecule has 0 aliphatic carbocycles. The van der Waals surface area contributed by atoms with Gasteiger partial charge in [-0.15, -0.1) is 0 Å². The molecule has 0 spiro atoms. The van der Waals surface area contributed by atoms with Gasteiger partial charge in [0.1, 0.15) is 5.82 Å². The van der Waals surface area contributed by atoms with Crippen molar-refractivity contribution in [1.29, 1.82) is 0 Å². The predicted octanol–water partition coefficient (Wildman–Crippen LogP) is 2.02. The second-order valence-electron chi connectivity index (χ2n) is 3.79. The van der Waals surface area contributed by atoms with Gasteiger partial charge in [0.15, 0.2) is 0 Å². The van der Waals surface area contributed by atoms with Crippen LogP contribution in [0, 0.1) is 12.7 Å². The lowest BCUT2D eigenvalue weighted by molar-refractivity contribution is 0.615. The van der Waals surface area contributed by atoms with Gasteiger partial charge >= 0.3 is 0 Å². The summed E-state index contributed by atoms with van der Waals surface area (Å²) in [6.07, 6.45) is 2.14. The average Bonchev–Trinajstić information content (AvgIpc) is 2.57. The topological polar surface area (TPSA) is 29.3 Å². The van der Waals surface area contributed by atoms with Gasteiger partial charge in [-0.1, -0.05) is 6.07 Å². The number of hydrogen-bond acceptors (Lipinski definition) is 2. The van der Waals surface area contributed by atoms with E-state index in [0.29, 0.717) is 5.56 Å². The maximum Gasteiger partial charge on any atom is 0.128 e. The lowest BCUT2D eigenvalue weighted by Gasteiger charge is -2.25. The van der Waals surface area contributed by atoms with E-state index in [9.17, 15) is 4.39 Å². The molecule has 0 saturated carbocycles. The molecule has 1 heterocycles. The Morgan fingerprint density at radius 3 is 2.93 bits per heavy atom. The highest BCUT2D eigenvalue weighted by Crippen LogP contribution is 2.27. The van der Waals surface area contributed by atoms with Crippen LogP contribution in [0.15, 0.2) is 18.2 Å². The molecule has 1 unspecified atom stereocenters. The first-order valence-electron chi connectivity index (χ1n) is 4.97.